The van der Waals surface area contributed by atoms with Gasteiger partial charge in [-0.15, -0.1) is 0 Å². The SMILES string of the molecule is CN1CC[C@]23c4c5c([N+](=O)[O-])cc(O)c4O[C@H]2[C@H](N(C)C(=O)C#Cc2ccc(C(F)(F)F)cc2)CC[C@H]3[C@H]1C5. The van der Waals surface area contributed by atoms with Gasteiger partial charge in [-0.1, -0.05) is 5.92 Å². The summed E-state index contributed by atoms with van der Waals surface area (Å²) in [5.41, 5.74) is 0.112. The minimum atomic E-state index is -4.46. The van der Waals surface area contributed by atoms with Crippen LogP contribution in [-0.2, 0) is 22.8 Å². The summed E-state index contributed by atoms with van der Waals surface area (Å²) in [6, 6.07) is 5.13. The van der Waals surface area contributed by atoms with Gasteiger partial charge in [0.2, 0.25) is 0 Å². The molecule has 39 heavy (non-hydrogen) atoms. The van der Waals surface area contributed by atoms with Crippen molar-refractivity contribution in [2.24, 2.45) is 5.92 Å². The van der Waals surface area contributed by atoms with Crippen molar-refractivity contribution in [3.05, 3.63) is 62.7 Å². The van der Waals surface area contributed by atoms with Crippen molar-refractivity contribution < 1.29 is 32.7 Å². The van der Waals surface area contributed by atoms with Gasteiger partial charge in [-0.05, 0) is 69.5 Å². The Balaban J connectivity index is 1.34. The number of nitro benzene ring substituents is 1. The third kappa shape index (κ3) is 3.68. The molecule has 1 N–H and O–H groups in total. The number of ether oxygens (including phenoxy) is 1. The zero-order chi connectivity index (χ0) is 27.9. The number of rotatable bonds is 2. The molecule has 2 aliphatic heterocycles. The Morgan fingerprint density at radius 3 is 2.67 bits per heavy atom. The Kier molecular flexibility index (Phi) is 5.63. The molecule has 11 heteroatoms. The number of amides is 1. The predicted octanol–water partition coefficient (Wildman–Crippen LogP) is 3.87. The lowest BCUT2D eigenvalue weighted by Crippen LogP contribution is -2.68. The Morgan fingerprint density at radius 1 is 1.28 bits per heavy atom. The Bertz CT molecular complexity index is 1450. The Morgan fingerprint density at radius 2 is 2.00 bits per heavy atom. The number of phenolic OH excluding ortho intramolecular Hbond substituents is 1. The van der Waals surface area contributed by atoms with Crippen molar-refractivity contribution in [3.63, 3.8) is 0 Å². The number of benzene rings is 2. The summed E-state index contributed by atoms with van der Waals surface area (Å²) in [5, 5.41) is 22.7. The highest BCUT2D eigenvalue weighted by atomic mass is 19.4. The van der Waals surface area contributed by atoms with E-state index in [0.29, 0.717) is 24.8 Å². The van der Waals surface area contributed by atoms with Crippen LogP contribution < -0.4 is 4.74 Å². The van der Waals surface area contributed by atoms with Crippen LogP contribution in [-0.4, -0.2) is 64.6 Å². The first-order valence-corrected chi connectivity index (χ1v) is 12.8. The third-order valence-corrected chi connectivity index (χ3v) is 9.21. The predicted molar refractivity (Wildman–Crippen MR) is 133 cm³/mol. The molecule has 204 valence electrons. The normalized spacial score (nSPS) is 28.5. The lowest BCUT2D eigenvalue weighted by Gasteiger charge is -2.59. The summed E-state index contributed by atoms with van der Waals surface area (Å²) in [6.07, 6.45) is -2.42. The largest absolute Gasteiger partial charge is 0.504 e. The third-order valence-electron chi connectivity index (χ3n) is 9.21. The van der Waals surface area contributed by atoms with Gasteiger partial charge < -0.3 is 19.6 Å². The highest BCUT2D eigenvalue weighted by molar-refractivity contribution is 5.94. The molecule has 4 aliphatic rings. The molecule has 0 radical (unpaired) electrons. The van der Waals surface area contributed by atoms with Crippen LogP contribution in [0, 0.1) is 27.9 Å². The number of halogens is 3. The fourth-order valence-corrected chi connectivity index (χ4v) is 7.44. The number of phenols is 1. The fraction of sp³-hybridized carbons (Fsp3) is 0.464. The van der Waals surface area contributed by atoms with Crippen molar-refractivity contribution in [1.29, 1.82) is 0 Å². The van der Waals surface area contributed by atoms with Crippen molar-refractivity contribution >= 4 is 11.6 Å². The molecule has 1 amide bonds. The number of carbonyl (C=O) groups excluding carboxylic acids is 1. The van der Waals surface area contributed by atoms with E-state index in [-0.39, 0.29) is 34.7 Å². The van der Waals surface area contributed by atoms with Gasteiger partial charge in [-0.25, -0.2) is 0 Å². The van der Waals surface area contributed by atoms with Gasteiger partial charge in [-0.2, -0.15) is 13.2 Å². The average molecular weight is 542 g/mol. The van der Waals surface area contributed by atoms with E-state index in [4.69, 9.17) is 4.74 Å². The van der Waals surface area contributed by atoms with E-state index >= 15 is 0 Å². The first-order valence-electron chi connectivity index (χ1n) is 12.8. The molecule has 2 aromatic carbocycles. The number of nitro groups is 1. The number of piperidine rings is 1. The van der Waals surface area contributed by atoms with E-state index < -0.39 is 40.1 Å². The van der Waals surface area contributed by atoms with Gasteiger partial charge in [0.05, 0.1) is 22.6 Å². The zero-order valence-electron chi connectivity index (χ0n) is 21.3. The maximum Gasteiger partial charge on any atom is 0.416 e. The molecule has 0 aromatic heterocycles. The highest BCUT2D eigenvalue weighted by Crippen LogP contribution is 2.65. The van der Waals surface area contributed by atoms with Gasteiger partial charge >= 0.3 is 6.18 Å². The molecule has 8 nitrogen and oxygen atoms in total. The zero-order valence-corrected chi connectivity index (χ0v) is 21.3. The topological polar surface area (TPSA) is 96.2 Å². The molecule has 6 rings (SSSR count). The molecular formula is C28H26F3N3O5. The van der Waals surface area contributed by atoms with Crippen LogP contribution >= 0.6 is 0 Å². The number of hydrogen-bond donors (Lipinski definition) is 1. The molecule has 5 atom stereocenters. The van der Waals surface area contributed by atoms with Crippen LogP contribution in [0.25, 0.3) is 0 Å². The van der Waals surface area contributed by atoms with Crippen LogP contribution in [0.4, 0.5) is 18.9 Å². The van der Waals surface area contributed by atoms with Crippen LogP contribution in [0.2, 0.25) is 0 Å². The molecule has 1 saturated carbocycles. The Labute approximate surface area is 222 Å². The van der Waals surface area contributed by atoms with Gasteiger partial charge in [0.25, 0.3) is 11.6 Å². The minimum absolute atomic E-state index is 0.0768. The lowest BCUT2D eigenvalue weighted by atomic mass is 9.51. The van der Waals surface area contributed by atoms with E-state index in [1.54, 1.807) is 7.05 Å². The van der Waals surface area contributed by atoms with Crippen molar-refractivity contribution in [1.82, 2.24) is 9.80 Å². The number of aromatic hydroxyl groups is 1. The summed E-state index contributed by atoms with van der Waals surface area (Å²) in [4.78, 5) is 28.4. The van der Waals surface area contributed by atoms with Gasteiger partial charge in [-0.3, -0.25) is 14.9 Å². The van der Waals surface area contributed by atoms with Crippen LogP contribution in [0.15, 0.2) is 30.3 Å². The molecular weight excluding hydrogens is 515 g/mol. The quantitative estimate of drug-likeness (QED) is 0.353. The van der Waals surface area contributed by atoms with Crippen LogP contribution in [0.5, 0.6) is 11.5 Å². The minimum Gasteiger partial charge on any atom is -0.504 e. The summed E-state index contributed by atoms with van der Waals surface area (Å²) >= 11 is 0. The summed E-state index contributed by atoms with van der Waals surface area (Å²) < 4.78 is 45.0. The number of carbonyl (C=O) groups is 1. The molecule has 1 spiro atoms. The smallest absolute Gasteiger partial charge is 0.416 e. The second-order valence-electron chi connectivity index (χ2n) is 10.9. The van der Waals surface area contributed by atoms with E-state index in [1.807, 2.05) is 7.05 Å². The van der Waals surface area contributed by atoms with Crippen molar-refractivity contribution in [2.45, 2.75) is 55.5 Å². The van der Waals surface area contributed by atoms with E-state index in [2.05, 4.69) is 16.7 Å². The monoisotopic (exact) mass is 541 g/mol. The molecule has 2 heterocycles. The van der Waals surface area contributed by atoms with Crippen molar-refractivity contribution in [3.8, 4) is 23.3 Å². The number of alkyl halides is 3. The van der Waals surface area contributed by atoms with Gasteiger partial charge in [0, 0.05) is 41.1 Å². The first kappa shape index (κ1) is 25.5. The maximum atomic E-state index is 13.2. The number of hydrogen-bond acceptors (Lipinski definition) is 6. The maximum absolute atomic E-state index is 13.2. The standard InChI is InChI=1S/C28H26F3N3O5/c1-32-12-11-27-18-8-9-19(33(2)23(36)10-5-15-3-6-16(7-4-15)28(29,30)31)26(27)39-25-22(35)14-20(34(37)38)17(24(25)27)13-21(18)32/h3-4,6-7,14,18-19,21,26,35H,8-9,11-13H2,1-2H3/t18-,19+,21+,26-,27-/m0/s1. The fourth-order valence-electron chi connectivity index (χ4n) is 7.44. The molecule has 0 unspecified atom stereocenters. The van der Waals surface area contributed by atoms with E-state index in [0.717, 1.165) is 36.7 Å². The Hall–Kier alpha value is -3.78. The van der Waals surface area contributed by atoms with Crippen LogP contribution in [0.3, 0.4) is 0 Å². The second kappa shape index (κ2) is 8.61. The highest BCUT2D eigenvalue weighted by Gasteiger charge is 2.67. The summed E-state index contributed by atoms with van der Waals surface area (Å²) in [7, 11) is 3.65. The van der Waals surface area contributed by atoms with E-state index in [9.17, 15) is 33.2 Å². The number of nitrogens with zero attached hydrogens (tertiary/aromatic N) is 3. The van der Waals surface area contributed by atoms with Crippen molar-refractivity contribution in [2.75, 3.05) is 20.6 Å². The molecule has 2 bridgehead atoms. The van der Waals surface area contributed by atoms with E-state index in [1.165, 1.54) is 17.0 Å². The van der Waals surface area contributed by atoms with Gasteiger partial charge in [0.15, 0.2) is 11.5 Å². The summed E-state index contributed by atoms with van der Waals surface area (Å²) in [6.45, 7) is 0.751. The van der Waals surface area contributed by atoms with Gasteiger partial charge in [0.1, 0.15) is 6.10 Å². The molecule has 2 aliphatic carbocycles. The lowest BCUT2D eigenvalue weighted by molar-refractivity contribution is -0.385. The first-order chi connectivity index (χ1) is 18.4. The van der Waals surface area contributed by atoms with Crippen LogP contribution in [0.1, 0.15) is 41.5 Å². The summed E-state index contributed by atoms with van der Waals surface area (Å²) in [5.74, 6) is 4.84. The molecule has 1 saturated heterocycles. The second-order valence-corrected chi connectivity index (χ2v) is 10.9. The molecule has 2 fully saturated rings. The molecule has 2 aromatic rings. The number of likely N-dealkylation sites (tertiary alicyclic amines) is 1. The number of likely N-dealkylation sites (N-methyl/N-ethyl adjacent to an activating group) is 2. The average Bonchev–Trinajstić information content (AvgIpc) is 3.24.